The van der Waals surface area contributed by atoms with E-state index in [1.54, 1.807) is 12.4 Å². The Morgan fingerprint density at radius 1 is 0.875 bits per heavy atom. The minimum Gasteiger partial charge on any atom is -0.490 e. The van der Waals surface area contributed by atoms with Crippen molar-refractivity contribution in [2.75, 3.05) is 6.61 Å². The maximum atomic E-state index is 12.3. The summed E-state index contributed by atoms with van der Waals surface area (Å²) in [6.45, 7) is 5.07. The first-order valence-corrected chi connectivity index (χ1v) is 12.4. The predicted molar refractivity (Wildman–Crippen MR) is 130 cm³/mol. The van der Waals surface area contributed by atoms with Crippen molar-refractivity contribution in [3.63, 3.8) is 0 Å². The summed E-state index contributed by atoms with van der Waals surface area (Å²) in [5.41, 5.74) is 1.79. The van der Waals surface area contributed by atoms with Crippen molar-refractivity contribution in [3.8, 4) is 17.1 Å². The van der Waals surface area contributed by atoms with E-state index in [4.69, 9.17) is 4.74 Å². The first kappa shape index (κ1) is 26.0. The number of benzene rings is 1. The second-order valence-electron chi connectivity index (χ2n) is 8.56. The predicted octanol–water partition coefficient (Wildman–Crippen LogP) is 6.33. The topological polar surface area (TPSA) is 72.3 Å². The summed E-state index contributed by atoms with van der Waals surface area (Å²) in [6.07, 6.45) is 15.0. The number of hydrogen-bond donors (Lipinski definition) is 1. The Morgan fingerprint density at radius 2 is 1.47 bits per heavy atom. The second kappa shape index (κ2) is 15.5. The standard InChI is InChI=1S/C27H40N2O3/c1-3-5-7-9-10-12-18-32-24-20-28-27(29-21-24)23-16-14-22(15-17-23)19-26(31)25(30)13-11-8-6-4-2/h14-17,20-21,25,30H,3-13,18-19H2,1-2H3/t25-/m1/s1. The maximum absolute atomic E-state index is 12.3. The summed E-state index contributed by atoms with van der Waals surface area (Å²) in [4.78, 5) is 21.1. The molecule has 32 heavy (non-hydrogen) atoms. The van der Waals surface area contributed by atoms with E-state index in [0.29, 0.717) is 24.6 Å². The number of ketones is 1. The van der Waals surface area contributed by atoms with Crippen molar-refractivity contribution >= 4 is 5.78 Å². The smallest absolute Gasteiger partial charge is 0.165 e. The van der Waals surface area contributed by atoms with Crippen LogP contribution in [0.5, 0.6) is 5.75 Å². The number of Topliss-reactive ketones (excluding diaryl/α,β-unsaturated/α-hetero) is 1. The van der Waals surface area contributed by atoms with Crippen LogP contribution in [0.3, 0.4) is 0 Å². The highest BCUT2D eigenvalue weighted by atomic mass is 16.5. The molecule has 0 bridgehead atoms. The monoisotopic (exact) mass is 440 g/mol. The average Bonchev–Trinajstić information content (AvgIpc) is 2.82. The molecule has 1 N–H and O–H groups in total. The Bertz CT molecular complexity index is 759. The normalized spacial score (nSPS) is 12.0. The lowest BCUT2D eigenvalue weighted by Gasteiger charge is -2.10. The van der Waals surface area contributed by atoms with Crippen molar-refractivity contribution in [1.29, 1.82) is 0 Å². The number of hydrogen-bond acceptors (Lipinski definition) is 5. The Balaban J connectivity index is 1.75. The molecule has 0 fully saturated rings. The molecule has 0 saturated heterocycles. The molecule has 0 spiro atoms. The lowest BCUT2D eigenvalue weighted by Crippen LogP contribution is -2.22. The van der Waals surface area contributed by atoms with Gasteiger partial charge in [0.25, 0.3) is 0 Å². The lowest BCUT2D eigenvalue weighted by atomic mass is 10.00. The molecule has 0 unspecified atom stereocenters. The van der Waals surface area contributed by atoms with E-state index in [1.807, 2.05) is 24.3 Å². The number of aliphatic hydroxyl groups excluding tert-OH is 1. The summed E-state index contributed by atoms with van der Waals surface area (Å²) in [5, 5.41) is 10.1. The van der Waals surface area contributed by atoms with Crippen LogP contribution in [-0.2, 0) is 11.2 Å². The van der Waals surface area contributed by atoms with Crippen LogP contribution in [0.4, 0.5) is 0 Å². The molecule has 0 saturated carbocycles. The summed E-state index contributed by atoms with van der Waals surface area (Å²) >= 11 is 0. The zero-order chi connectivity index (χ0) is 23.0. The molecule has 1 aromatic heterocycles. The van der Waals surface area contributed by atoms with Crippen molar-refractivity contribution < 1.29 is 14.6 Å². The van der Waals surface area contributed by atoms with Gasteiger partial charge in [-0.2, -0.15) is 0 Å². The number of carbonyl (C=O) groups is 1. The third-order valence-corrected chi connectivity index (χ3v) is 5.69. The van der Waals surface area contributed by atoms with E-state index >= 15 is 0 Å². The Hall–Kier alpha value is -2.27. The SMILES string of the molecule is CCCCCCCCOc1cnc(-c2ccc(CC(=O)[C@H](O)CCCCCC)cc2)nc1. The molecule has 5 nitrogen and oxygen atoms in total. The highest BCUT2D eigenvalue weighted by Crippen LogP contribution is 2.18. The molecular formula is C27H40N2O3. The van der Waals surface area contributed by atoms with Gasteiger partial charge in [-0.1, -0.05) is 95.9 Å². The van der Waals surface area contributed by atoms with Crippen LogP contribution in [0.1, 0.15) is 90.0 Å². The van der Waals surface area contributed by atoms with E-state index in [0.717, 1.165) is 43.2 Å². The molecule has 0 amide bonds. The van der Waals surface area contributed by atoms with Gasteiger partial charge in [0, 0.05) is 12.0 Å². The van der Waals surface area contributed by atoms with Crippen LogP contribution in [0.25, 0.3) is 11.4 Å². The molecule has 0 aliphatic carbocycles. The van der Waals surface area contributed by atoms with Crippen LogP contribution in [-0.4, -0.2) is 33.6 Å². The summed E-state index contributed by atoms with van der Waals surface area (Å²) in [5.74, 6) is 1.21. The molecule has 0 aliphatic heterocycles. The largest absolute Gasteiger partial charge is 0.490 e. The molecule has 2 rings (SSSR count). The van der Waals surface area contributed by atoms with E-state index in [9.17, 15) is 9.90 Å². The molecule has 2 aromatic rings. The third-order valence-electron chi connectivity index (χ3n) is 5.69. The number of nitrogens with zero attached hydrogens (tertiary/aromatic N) is 2. The van der Waals surface area contributed by atoms with Gasteiger partial charge in [-0.3, -0.25) is 4.79 Å². The minimum atomic E-state index is -0.862. The Morgan fingerprint density at radius 3 is 2.12 bits per heavy atom. The van der Waals surface area contributed by atoms with Crippen LogP contribution >= 0.6 is 0 Å². The maximum Gasteiger partial charge on any atom is 0.165 e. The zero-order valence-electron chi connectivity index (χ0n) is 19.9. The van der Waals surface area contributed by atoms with Gasteiger partial charge in [0.1, 0.15) is 6.10 Å². The first-order chi connectivity index (χ1) is 15.6. The van der Waals surface area contributed by atoms with E-state index in [2.05, 4.69) is 23.8 Å². The Labute approximate surface area is 193 Å². The van der Waals surface area contributed by atoms with Gasteiger partial charge in [-0.15, -0.1) is 0 Å². The van der Waals surface area contributed by atoms with Crippen molar-refractivity contribution in [2.24, 2.45) is 0 Å². The molecule has 1 heterocycles. The van der Waals surface area contributed by atoms with Crippen LogP contribution in [0, 0.1) is 0 Å². The quantitative estimate of drug-likeness (QED) is 0.291. The molecular weight excluding hydrogens is 400 g/mol. The molecule has 176 valence electrons. The van der Waals surface area contributed by atoms with E-state index in [1.165, 1.54) is 32.1 Å². The van der Waals surface area contributed by atoms with Gasteiger partial charge < -0.3 is 9.84 Å². The number of aromatic nitrogens is 2. The van der Waals surface area contributed by atoms with Crippen LogP contribution < -0.4 is 4.74 Å². The van der Waals surface area contributed by atoms with Crippen LogP contribution in [0.15, 0.2) is 36.7 Å². The molecule has 1 aromatic carbocycles. The summed E-state index contributed by atoms with van der Waals surface area (Å²) < 4.78 is 5.74. The average molecular weight is 441 g/mol. The number of carbonyl (C=O) groups excluding carboxylic acids is 1. The van der Waals surface area contributed by atoms with E-state index in [-0.39, 0.29) is 12.2 Å². The first-order valence-electron chi connectivity index (χ1n) is 12.4. The zero-order valence-corrected chi connectivity index (χ0v) is 19.9. The number of aliphatic hydroxyl groups is 1. The van der Waals surface area contributed by atoms with Gasteiger partial charge >= 0.3 is 0 Å². The van der Waals surface area contributed by atoms with Crippen molar-refractivity contribution in [1.82, 2.24) is 9.97 Å². The number of ether oxygens (including phenoxy) is 1. The fourth-order valence-electron chi connectivity index (χ4n) is 3.63. The highest BCUT2D eigenvalue weighted by Gasteiger charge is 2.15. The number of unbranched alkanes of at least 4 members (excludes halogenated alkanes) is 8. The fraction of sp³-hybridized carbons (Fsp3) is 0.593. The Kier molecular flexibility index (Phi) is 12.6. The van der Waals surface area contributed by atoms with E-state index < -0.39 is 6.10 Å². The van der Waals surface area contributed by atoms with Gasteiger partial charge in [0.2, 0.25) is 0 Å². The fourth-order valence-corrected chi connectivity index (χ4v) is 3.63. The van der Waals surface area contributed by atoms with Crippen molar-refractivity contribution in [3.05, 3.63) is 42.2 Å². The van der Waals surface area contributed by atoms with Crippen molar-refractivity contribution in [2.45, 2.75) is 97.0 Å². The third kappa shape index (κ3) is 9.90. The van der Waals surface area contributed by atoms with Gasteiger partial charge in [-0.05, 0) is 18.4 Å². The molecule has 5 heteroatoms. The highest BCUT2D eigenvalue weighted by molar-refractivity contribution is 5.85. The molecule has 1 atom stereocenters. The minimum absolute atomic E-state index is 0.114. The lowest BCUT2D eigenvalue weighted by molar-refractivity contribution is -0.126. The molecule has 0 radical (unpaired) electrons. The molecule has 0 aliphatic rings. The van der Waals surface area contributed by atoms with Gasteiger partial charge in [-0.25, -0.2) is 9.97 Å². The van der Waals surface area contributed by atoms with Crippen LogP contribution in [0.2, 0.25) is 0 Å². The number of rotatable bonds is 17. The summed E-state index contributed by atoms with van der Waals surface area (Å²) in [7, 11) is 0. The summed E-state index contributed by atoms with van der Waals surface area (Å²) in [6, 6.07) is 7.65. The van der Waals surface area contributed by atoms with Gasteiger partial charge in [0.15, 0.2) is 17.4 Å². The van der Waals surface area contributed by atoms with Gasteiger partial charge in [0.05, 0.1) is 19.0 Å². The second-order valence-corrected chi connectivity index (χ2v) is 8.56.